The van der Waals surface area contributed by atoms with Gasteiger partial charge in [0.15, 0.2) is 0 Å². The van der Waals surface area contributed by atoms with Crippen molar-refractivity contribution in [2.24, 2.45) is 0 Å². The molecule has 0 unspecified atom stereocenters. The molecule has 6 heteroatoms. The molecule has 0 amide bonds. The summed E-state index contributed by atoms with van der Waals surface area (Å²) in [7, 11) is 0. The van der Waals surface area contributed by atoms with Crippen LogP contribution in [-0.4, -0.2) is 20.9 Å². The highest BCUT2D eigenvalue weighted by atomic mass is 19.3. The largest absolute Gasteiger partial charge is 0.368 e. The van der Waals surface area contributed by atoms with Crippen LogP contribution in [0.4, 0.5) is 14.7 Å². The van der Waals surface area contributed by atoms with Gasteiger partial charge in [-0.05, 0) is 32.9 Å². The predicted octanol–water partition coefficient (Wildman–Crippen LogP) is 2.58. The number of hydrogen-bond donors (Lipinski definition) is 1. The van der Waals surface area contributed by atoms with Crippen LogP contribution in [0.15, 0.2) is 18.3 Å². The lowest BCUT2D eigenvalue weighted by atomic mass is 10.3. The first kappa shape index (κ1) is 13.2. The Morgan fingerprint density at radius 1 is 1.24 bits per heavy atom. The van der Waals surface area contributed by atoms with Crippen LogP contribution >= 0.6 is 0 Å². The quantitative estimate of drug-likeness (QED) is 0.768. The number of anilines is 1. The number of aromatic nitrogens is 3. The fourth-order valence-corrected chi connectivity index (χ4v) is 1.14. The lowest BCUT2D eigenvalue weighted by Gasteiger charge is -1.99. The molecule has 0 aliphatic rings. The average molecular weight is 240 g/mol. The Morgan fingerprint density at radius 2 is 1.82 bits per heavy atom. The summed E-state index contributed by atoms with van der Waals surface area (Å²) in [6.07, 6.45) is 1.72. The number of halogens is 2. The number of nitrogen functional groups attached to an aromatic ring is 1. The van der Waals surface area contributed by atoms with Gasteiger partial charge in [-0.15, -0.1) is 0 Å². The summed E-state index contributed by atoms with van der Waals surface area (Å²) in [6.45, 7) is 3.58. The van der Waals surface area contributed by atoms with Crippen molar-refractivity contribution < 1.29 is 8.78 Å². The minimum absolute atomic E-state index is 0.299. The molecule has 2 aromatic rings. The molecule has 0 aliphatic heterocycles. The van der Waals surface area contributed by atoms with Gasteiger partial charge in [0, 0.05) is 6.20 Å². The summed E-state index contributed by atoms with van der Waals surface area (Å²) < 4.78 is 22.0. The standard InChI is InChI=1S/C8H8N4.C3H6F2/c1-5-7-6(3-2-4-10-7)12-8(9)11-5;1-3(2,4)5/h2-4H,1H3,(H2,9,11,12);1-2H3. The van der Waals surface area contributed by atoms with Crippen molar-refractivity contribution in [1.29, 1.82) is 0 Å². The normalized spacial score (nSPS) is 10.9. The highest BCUT2D eigenvalue weighted by Gasteiger charge is 2.08. The third-order valence-electron chi connectivity index (χ3n) is 1.65. The summed E-state index contributed by atoms with van der Waals surface area (Å²) >= 11 is 0. The summed E-state index contributed by atoms with van der Waals surface area (Å²) in [5, 5.41) is 0. The van der Waals surface area contributed by atoms with Gasteiger partial charge in [-0.1, -0.05) is 0 Å². The van der Waals surface area contributed by atoms with E-state index in [1.54, 1.807) is 6.20 Å². The predicted molar refractivity (Wildman–Crippen MR) is 62.8 cm³/mol. The highest BCUT2D eigenvalue weighted by Crippen LogP contribution is 2.11. The van der Waals surface area contributed by atoms with E-state index in [0.717, 1.165) is 30.6 Å². The number of nitrogens with two attached hydrogens (primary N) is 1. The number of rotatable bonds is 0. The molecule has 0 atom stereocenters. The molecular weight excluding hydrogens is 226 g/mol. The van der Waals surface area contributed by atoms with Crippen LogP contribution in [0.5, 0.6) is 0 Å². The molecule has 2 rings (SSSR count). The van der Waals surface area contributed by atoms with Crippen LogP contribution in [0.2, 0.25) is 0 Å². The van der Waals surface area contributed by atoms with Gasteiger partial charge in [0.25, 0.3) is 0 Å². The van der Waals surface area contributed by atoms with Gasteiger partial charge in [0.1, 0.15) is 5.52 Å². The molecule has 0 saturated carbocycles. The number of hydrogen-bond acceptors (Lipinski definition) is 4. The summed E-state index contributed by atoms with van der Waals surface area (Å²) in [5.41, 5.74) is 7.90. The Bertz CT molecular complexity index is 502. The van der Waals surface area contributed by atoms with Crippen molar-refractivity contribution in [1.82, 2.24) is 15.0 Å². The van der Waals surface area contributed by atoms with E-state index in [2.05, 4.69) is 15.0 Å². The monoisotopic (exact) mass is 240 g/mol. The van der Waals surface area contributed by atoms with Gasteiger partial charge in [-0.3, -0.25) is 4.98 Å². The van der Waals surface area contributed by atoms with Gasteiger partial charge in [0.2, 0.25) is 11.9 Å². The molecule has 0 bridgehead atoms. The van der Waals surface area contributed by atoms with E-state index in [4.69, 9.17) is 5.73 Å². The van der Waals surface area contributed by atoms with Crippen molar-refractivity contribution in [3.8, 4) is 0 Å². The second kappa shape index (κ2) is 4.99. The van der Waals surface area contributed by atoms with Crippen LogP contribution in [0.25, 0.3) is 11.0 Å². The minimum atomic E-state index is -2.50. The van der Waals surface area contributed by atoms with Crippen molar-refractivity contribution in [2.75, 3.05) is 5.73 Å². The van der Waals surface area contributed by atoms with Crippen LogP contribution in [0, 0.1) is 6.92 Å². The fourth-order valence-electron chi connectivity index (χ4n) is 1.14. The lowest BCUT2D eigenvalue weighted by Crippen LogP contribution is -1.98. The van der Waals surface area contributed by atoms with Gasteiger partial charge in [-0.25, -0.2) is 18.7 Å². The van der Waals surface area contributed by atoms with E-state index in [9.17, 15) is 8.78 Å². The minimum Gasteiger partial charge on any atom is -0.368 e. The Labute approximate surface area is 97.9 Å². The molecule has 0 fully saturated rings. The van der Waals surface area contributed by atoms with E-state index < -0.39 is 5.92 Å². The maximum atomic E-state index is 11.0. The van der Waals surface area contributed by atoms with Crippen molar-refractivity contribution in [2.45, 2.75) is 26.7 Å². The maximum absolute atomic E-state index is 11.0. The van der Waals surface area contributed by atoms with Gasteiger partial charge < -0.3 is 5.73 Å². The second-order valence-electron chi connectivity index (χ2n) is 3.87. The van der Waals surface area contributed by atoms with Crippen LogP contribution in [0.1, 0.15) is 19.5 Å². The number of alkyl halides is 2. The molecule has 0 aromatic carbocycles. The van der Waals surface area contributed by atoms with Crippen LogP contribution < -0.4 is 5.73 Å². The second-order valence-corrected chi connectivity index (χ2v) is 3.87. The average Bonchev–Trinajstić information content (AvgIpc) is 2.14. The molecule has 0 spiro atoms. The summed E-state index contributed by atoms with van der Waals surface area (Å²) in [4.78, 5) is 12.2. The zero-order valence-corrected chi connectivity index (χ0v) is 9.91. The van der Waals surface area contributed by atoms with Gasteiger partial charge >= 0.3 is 0 Å². The SMILES string of the molecule is CC(C)(F)F.Cc1nc(N)nc2cccnc12. The molecular formula is C11H14F2N4. The Hall–Kier alpha value is -1.85. The summed E-state index contributed by atoms with van der Waals surface area (Å²) in [6, 6.07) is 3.70. The number of pyridine rings is 1. The third kappa shape index (κ3) is 4.67. The van der Waals surface area contributed by atoms with E-state index in [1.807, 2.05) is 19.1 Å². The third-order valence-corrected chi connectivity index (χ3v) is 1.65. The van der Waals surface area contributed by atoms with Crippen molar-refractivity contribution >= 4 is 17.0 Å². The fraction of sp³-hybridized carbons (Fsp3) is 0.364. The van der Waals surface area contributed by atoms with E-state index in [1.165, 1.54) is 0 Å². The highest BCUT2D eigenvalue weighted by molar-refractivity contribution is 5.76. The Kier molecular flexibility index (Phi) is 3.88. The molecule has 92 valence electrons. The molecule has 0 radical (unpaired) electrons. The Morgan fingerprint density at radius 3 is 2.41 bits per heavy atom. The number of aryl methyl sites for hydroxylation is 1. The molecule has 4 nitrogen and oxygen atoms in total. The van der Waals surface area contributed by atoms with Crippen molar-refractivity contribution in [3.05, 3.63) is 24.0 Å². The molecule has 17 heavy (non-hydrogen) atoms. The van der Waals surface area contributed by atoms with Gasteiger partial charge in [0.05, 0.1) is 11.2 Å². The number of nitrogens with zero attached hydrogens (tertiary/aromatic N) is 3. The first-order valence-electron chi connectivity index (χ1n) is 5.00. The maximum Gasteiger partial charge on any atom is 0.242 e. The molecule has 2 aromatic heterocycles. The first-order chi connectivity index (χ1) is 7.77. The number of fused-ring (bicyclic) bond motifs is 1. The molecule has 0 saturated heterocycles. The zero-order valence-electron chi connectivity index (χ0n) is 9.91. The summed E-state index contributed by atoms with van der Waals surface area (Å²) in [5.74, 6) is -2.20. The van der Waals surface area contributed by atoms with Crippen molar-refractivity contribution in [3.63, 3.8) is 0 Å². The first-order valence-corrected chi connectivity index (χ1v) is 5.00. The zero-order chi connectivity index (χ0) is 13.1. The molecule has 2 N–H and O–H groups in total. The van der Waals surface area contributed by atoms with Gasteiger partial charge in [-0.2, -0.15) is 0 Å². The lowest BCUT2D eigenvalue weighted by molar-refractivity contribution is 0.0437. The Balaban J connectivity index is 0.000000249. The van der Waals surface area contributed by atoms with E-state index in [0.29, 0.717) is 5.95 Å². The van der Waals surface area contributed by atoms with E-state index >= 15 is 0 Å². The smallest absolute Gasteiger partial charge is 0.242 e. The molecule has 0 aliphatic carbocycles. The van der Waals surface area contributed by atoms with Crippen LogP contribution in [-0.2, 0) is 0 Å². The molecule has 2 heterocycles. The van der Waals surface area contributed by atoms with E-state index in [-0.39, 0.29) is 0 Å². The topological polar surface area (TPSA) is 64.7 Å². The van der Waals surface area contributed by atoms with Crippen LogP contribution in [0.3, 0.4) is 0 Å².